The second-order valence-corrected chi connectivity index (χ2v) is 8.52. The van der Waals surface area contributed by atoms with Gasteiger partial charge in [-0.2, -0.15) is 0 Å². The molecule has 31 heavy (non-hydrogen) atoms. The molecule has 0 bridgehead atoms. The van der Waals surface area contributed by atoms with Gasteiger partial charge >= 0.3 is 0 Å². The number of carbonyl (C=O) groups excluding carboxylic acids is 1. The first-order valence-corrected chi connectivity index (χ1v) is 10.8. The number of halogens is 2. The number of hydrogen-bond donors (Lipinski definition) is 1. The molecule has 1 amide bonds. The van der Waals surface area contributed by atoms with Crippen LogP contribution in [0.15, 0.2) is 66.7 Å². The fraction of sp³-hybridized carbons (Fsp3) is 0.160. The highest BCUT2D eigenvalue weighted by Crippen LogP contribution is 2.47. The van der Waals surface area contributed by atoms with Crippen molar-refractivity contribution >= 4 is 40.0 Å². The fourth-order valence-corrected chi connectivity index (χ4v) is 5.22. The Morgan fingerprint density at radius 3 is 2.48 bits per heavy atom. The maximum absolute atomic E-state index is 13.2. The summed E-state index contributed by atoms with van der Waals surface area (Å²) < 4.78 is 2.11. The van der Waals surface area contributed by atoms with Crippen LogP contribution in [0.5, 0.6) is 0 Å². The summed E-state index contributed by atoms with van der Waals surface area (Å²) in [5.41, 5.74) is 5.42. The zero-order chi connectivity index (χ0) is 21.7. The smallest absolute Gasteiger partial charge is 0.255 e. The van der Waals surface area contributed by atoms with Gasteiger partial charge in [-0.1, -0.05) is 59.6 Å². The van der Waals surface area contributed by atoms with Crippen LogP contribution in [0, 0.1) is 0 Å². The second-order valence-electron chi connectivity index (χ2n) is 7.67. The highest BCUT2D eigenvalue weighted by Gasteiger charge is 2.40. The molecule has 1 aromatic heterocycles. The number of aliphatic hydroxyl groups is 1. The summed E-state index contributed by atoms with van der Waals surface area (Å²) in [5.74, 6) is -0.0734. The van der Waals surface area contributed by atoms with Crippen LogP contribution < -0.4 is 0 Å². The summed E-state index contributed by atoms with van der Waals surface area (Å²) >= 11 is 12.8. The van der Waals surface area contributed by atoms with Crippen LogP contribution in [-0.2, 0) is 7.05 Å². The minimum atomic E-state index is -0.330. The van der Waals surface area contributed by atoms with Gasteiger partial charge in [0.05, 0.1) is 23.4 Å². The summed E-state index contributed by atoms with van der Waals surface area (Å²) in [5, 5.41) is 11.9. The number of aliphatic hydroxyl groups excluding tert-OH is 1. The van der Waals surface area contributed by atoms with Crippen LogP contribution >= 0.6 is 23.2 Å². The molecule has 0 radical (unpaired) electrons. The number of fused-ring (bicyclic) bond motifs is 2. The van der Waals surface area contributed by atoms with Gasteiger partial charge in [0.1, 0.15) is 0 Å². The molecule has 1 aliphatic heterocycles. The molecule has 1 aliphatic rings. The van der Waals surface area contributed by atoms with Crippen molar-refractivity contribution in [3.8, 4) is 11.3 Å². The molecule has 0 saturated carbocycles. The van der Waals surface area contributed by atoms with Crippen molar-refractivity contribution in [2.45, 2.75) is 6.04 Å². The second kappa shape index (κ2) is 7.72. The first kappa shape index (κ1) is 20.1. The normalized spacial score (nSPS) is 15.7. The van der Waals surface area contributed by atoms with Gasteiger partial charge in [0.2, 0.25) is 0 Å². The number of benzene rings is 3. The van der Waals surface area contributed by atoms with E-state index in [4.69, 9.17) is 23.2 Å². The molecular weight excluding hydrogens is 431 g/mol. The third kappa shape index (κ3) is 3.06. The van der Waals surface area contributed by atoms with E-state index < -0.39 is 0 Å². The first-order chi connectivity index (χ1) is 15.0. The molecule has 1 N–H and O–H groups in total. The number of nitrogens with zero attached hydrogens (tertiary/aromatic N) is 2. The molecule has 0 spiro atoms. The molecule has 0 fully saturated rings. The van der Waals surface area contributed by atoms with Crippen LogP contribution in [0.25, 0.3) is 22.2 Å². The summed E-state index contributed by atoms with van der Waals surface area (Å²) in [4.78, 5) is 15.0. The Balaban J connectivity index is 1.87. The van der Waals surface area contributed by atoms with Gasteiger partial charge < -0.3 is 14.6 Å². The summed E-state index contributed by atoms with van der Waals surface area (Å²) in [6.45, 7) is 0.132. The number of hydrogen-bond acceptors (Lipinski definition) is 2. The average molecular weight is 451 g/mol. The molecular formula is C25H20Cl2N2O2. The lowest BCUT2D eigenvalue weighted by Crippen LogP contribution is -2.31. The van der Waals surface area contributed by atoms with E-state index in [0.29, 0.717) is 15.6 Å². The van der Waals surface area contributed by atoms with Crippen molar-refractivity contribution < 1.29 is 9.90 Å². The molecule has 1 atom stereocenters. The van der Waals surface area contributed by atoms with E-state index >= 15 is 0 Å². The molecule has 6 heteroatoms. The molecule has 4 nitrogen and oxygen atoms in total. The number of para-hydroxylation sites is 1. The van der Waals surface area contributed by atoms with Crippen molar-refractivity contribution in [2.24, 2.45) is 7.05 Å². The van der Waals surface area contributed by atoms with E-state index in [2.05, 4.69) is 16.7 Å². The molecule has 3 aromatic carbocycles. The van der Waals surface area contributed by atoms with E-state index in [1.54, 1.807) is 11.0 Å². The molecule has 5 rings (SSSR count). The fourth-order valence-electron chi connectivity index (χ4n) is 4.73. The zero-order valence-electron chi connectivity index (χ0n) is 16.8. The van der Waals surface area contributed by atoms with E-state index in [0.717, 1.165) is 33.3 Å². The maximum Gasteiger partial charge on any atom is 0.255 e. The average Bonchev–Trinajstić information content (AvgIpc) is 3.20. The van der Waals surface area contributed by atoms with Crippen LogP contribution in [0.3, 0.4) is 0 Å². The number of amides is 1. The van der Waals surface area contributed by atoms with Gasteiger partial charge in [-0.25, -0.2) is 0 Å². The summed E-state index contributed by atoms with van der Waals surface area (Å²) in [6, 6.07) is 20.9. The van der Waals surface area contributed by atoms with Gasteiger partial charge in [0.15, 0.2) is 0 Å². The van der Waals surface area contributed by atoms with Crippen molar-refractivity contribution in [1.29, 1.82) is 0 Å². The van der Waals surface area contributed by atoms with E-state index in [9.17, 15) is 9.90 Å². The van der Waals surface area contributed by atoms with Crippen molar-refractivity contribution in [1.82, 2.24) is 9.47 Å². The monoisotopic (exact) mass is 450 g/mol. The van der Waals surface area contributed by atoms with Gasteiger partial charge in [-0.3, -0.25) is 4.79 Å². The highest BCUT2D eigenvalue weighted by molar-refractivity contribution is 6.36. The van der Waals surface area contributed by atoms with Gasteiger partial charge in [0.25, 0.3) is 5.91 Å². The summed E-state index contributed by atoms with van der Waals surface area (Å²) in [7, 11) is 2.01. The molecule has 0 aliphatic carbocycles. The number of β-amino-alcohol motifs (C(OH)–C–C–N with tert-alkyl or cyclic N) is 1. The van der Waals surface area contributed by atoms with Crippen LogP contribution in [0.1, 0.15) is 27.5 Å². The molecule has 4 aromatic rings. The van der Waals surface area contributed by atoms with Crippen molar-refractivity contribution in [2.75, 3.05) is 13.2 Å². The number of aryl methyl sites for hydroxylation is 1. The Morgan fingerprint density at radius 2 is 1.71 bits per heavy atom. The van der Waals surface area contributed by atoms with Crippen LogP contribution in [0.2, 0.25) is 10.0 Å². The quantitative estimate of drug-likeness (QED) is 0.433. The van der Waals surface area contributed by atoms with Gasteiger partial charge in [-0.05, 0) is 35.9 Å². The largest absolute Gasteiger partial charge is 0.395 e. The predicted molar refractivity (Wildman–Crippen MR) is 125 cm³/mol. The highest BCUT2D eigenvalue weighted by atomic mass is 35.5. The lowest BCUT2D eigenvalue weighted by molar-refractivity contribution is 0.0713. The molecule has 0 saturated heterocycles. The lowest BCUT2D eigenvalue weighted by Gasteiger charge is -2.26. The molecule has 2 heterocycles. The zero-order valence-corrected chi connectivity index (χ0v) is 18.4. The van der Waals surface area contributed by atoms with Gasteiger partial charge in [0, 0.05) is 46.2 Å². The van der Waals surface area contributed by atoms with E-state index in [-0.39, 0.29) is 25.1 Å². The minimum Gasteiger partial charge on any atom is -0.395 e. The maximum atomic E-state index is 13.2. The SMILES string of the molecule is Cn1c(-c2ccc(Cl)cc2Cl)c([C@H]2c3ccccc3C(=O)N2CCO)c2ccccc21. The Morgan fingerprint density at radius 1 is 0.968 bits per heavy atom. The van der Waals surface area contributed by atoms with E-state index in [1.807, 2.05) is 55.6 Å². The van der Waals surface area contributed by atoms with Crippen molar-refractivity contribution in [3.63, 3.8) is 0 Å². The van der Waals surface area contributed by atoms with Gasteiger partial charge in [-0.15, -0.1) is 0 Å². The summed E-state index contributed by atoms with van der Waals surface area (Å²) in [6.07, 6.45) is 0. The number of aromatic nitrogens is 1. The first-order valence-electron chi connectivity index (χ1n) is 10.1. The number of carbonyl (C=O) groups is 1. The topological polar surface area (TPSA) is 45.5 Å². The number of rotatable bonds is 4. The van der Waals surface area contributed by atoms with E-state index in [1.165, 1.54) is 0 Å². The Kier molecular flexibility index (Phi) is 5.01. The standard InChI is InChI=1S/C25H20Cl2N2O2/c1-28-21-9-5-4-8-19(21)22(23(28)18-11-10-15(26)14-20(18)27)24-16-6-2-3-7-17(16)25(31)29(24)12-13-30/h2-11,14,24,30H,12-13H2,1H3/t24-/m1/s1. The van der Waals surface area contributed by atoms with Crippen molar-refractivity contribution in [3.05, 3.63) is 93.5 Å². The molecule has 156 valence electrons. The van der Waals surface area contributed by atoms with Crippen LogP contribution in [-0.4, -0.2) is 33.6 Å². The third-order valence-electron chi connectivity index (χ3n) is 6.01. The third-order valence-corrected chi connectivity index (χ3v) is 6.55. The minimum absolute atomic E-state index is 0.0734. The Labute approximate surface area is 190 Å². The predicted octanol–water partition coefficient (Wildman–Crippen LogP) is 5.69. The lowest BCUT2D eigenvalue weighted by atomic mass is 9.93. The van der Waals surface area contributed by atoms with Crippen LogP contribution in [0.4, 0.5) is 0 Å². The Hall–Kier alpha value is -2.79. The Bertz CT molecular complexity index is 1330. The molecule has 0 unspecified atom stereocenters.